The number of halogens is 1. The van der Waals surface area contributed by atoms with Gasteiger partial charge < -0.3 is 0 Å². The molecule has 1 saturated carbocycles. The van der Waals surface area contributed by atoms with Crippen LogP contribution in [0.15, 0.2) is 0 Å². The Kier molecular flexibility index (Phi) is 2.27. The van der Waals surface area contributed by atoms with E-state index in [1.54, 1.807) is 0 Å². The molecule has 1 aliphatic rings. The molecular formula is C5H9ClOP+. The van der Waals surface area contributed by atoms with Gasteiger partial charge in [0.25, 0.3) is 0 Å². The van der Waals surface area contributed by atoms with Crippen molar-refractivity contribution in [2.45, 2.75) is 31.3 Å². The molecule has 0 radical (unpaired) electrons. The summed E-state index contributed by atoms with van der Waals surface area (Å²) in [6, 6.07) is 0. The van der Waals surface area contributed by atoms with E-state index in [4.69, 9.17) is 11.2 Å². The Morgan fingerprint density at radius 1 is 1.38 bits per heavy atom. The lowest BCUT2D eigenvalue weighted by atomic mass is 10.4. The quantitative estimate of drug-likeness (QED) is 0.527. The maximum atomic E-state index is 10.6. The molecule has 0 N–H and O–H groups in total. The molecule has 1 nitrogen and oxygen atoms in total. The summed E-state index contributed by atoms with van der Waals surface area (Å²) in [6.45, 7) is 0. The van der Waals surface area contributed by atoms with Crippen LogP contribution in [0.2, 0.25) is 0 Å². The van der Waals surface area contributed by atoms with E-state index in [0.717, 1.165) is 12.8 Å². The second kappa shape index (κ2) is 2.80. The lowest BCUT2D eigenvalue weighted by molar-refractivity contribution is 0.587. The van der Waals surface area contributed by atoms with Crippen molar-refractivity contribution >= 4 is 18.4 Å². The van der Waals surface area contributed by atoms with Gasteiger partial charge in [0.2, 0.25) is 11.2 Å². The van der Waals surface area contributed by atoms with Crippen molar-refractivity contribution in [3.63, 3.8) is 0 Å². The second-order valence-electron chi connectivity index (χ2n) is 2.21. The highest BCUT2D eigenvalue weighted by Gasteiger charge is 2.31. The van der Waals surface area contributed by atoms with Crippen LogP contribution in [0.3, 0.4) is 0 Å². The van der Waals surface area contributed by atoms with Crippen molar-refractivity contribution in [2.75, 3.05) is 0 Å². The minimum atomic E-state index is -1.38. The zero-order valence-electron chi connectivity index (χ0n) is 4.64. The predicted molar refractivity (Wildman–Crippen MR) is 35.7 cm³/mol. The Hall–Kier alpha value is 0.390. The first-order valence-electron chi connectivity index (χ1n) is 2.93. The van der Waals surface area contributed by atoms with E-state index in [2.05, 4.69) is 0 Å². The first kappa shape index (κ1) is 6.51. The largest absolute Gasteiger partial charge is 0.457 e. The molecular weight excluding hydrogens is 142 g/mol. The normalized spacial score (nSPS) is 23.9. The van der Waals surface area contributed by atoms with E-state index >= 15 is 0 Å². The molecule has 3 heteroatoms. The highest BCUT2D eigenvalue weighted by atomic mass is 35.7. The van der Waals surface area contributed by atoms with E-state index < -0.39 is 7.15 Å². The second-order valence-corrected chi connectivity index (χ2v) is 4.48. The maximum absolute atomic E-state index is 10.6. The molecule has 0 bridgehead atoms. The van der Waals surface area contributed by atoms with Crippen LogP contribution >= 0.6 is 18.4 Å². The standard InChI is InChI=1S/C5H9ClOP/c6-8(7)5-3-1-2-4-5/h5H,1-4H2/q+1. The van der Waals surface area contributed by atoms with Crippen LogP contribution in [-0.4, -0.2) is 5.66 Å². The van der Waals surface area contributed by atoms with Crippen molar-refractivity contribution in [3.05, 3.63) is 0 Å². The molecule has 1 atom stereocenters. The first-order valence-corrected chi connectivity index (χ1v) is 5.16. The van der Waals surface area contributed by atoms with Crippen molar-refractivity contribution in [1.29, 1.82) is 0 Å². The third-order valence-corrected chi connectivity index (χ3v) is 3.53. The summed E-state index contributed by atoms with van der Waals surface area (Å²) in [5, 5.41) is 0. The van der Waals surface area contributed by atoms with E-state index in [9.17, 15) is 4.57 Å². The number of hydrogen-bond donors (Lipinski definition) is 0. The van der Waals surface area contributed by atoms with Gasteiger partial charge in [-0.1, -0.05) is 4.57 Å². The molecule has 0 saturated heterocycles. The van der Waals surface area contributed by atoms with E-state index in [1.807, 2.05) is 0 Å². The summed E-state index contributed by atoms with van der Waals surface area (Å²) in [7, 11) is -1.38. The number of rotatable bonds is 1. The number of hydrogen-bond acceptors (Lipinski definition) is 1. The van der Waals surface area contributed by atoms with Gasteiger partial charge in [-0.25, -0.2) is 0 Å². The maximum Gasteiger partial charge on any atom is 0.457 e. The fourth-order valence-corrected chi connectivity index (χ4v) is 2.46. The van der Waals surface area contributed by atoms with Gasteiger partial charge in [0.15, 0.2) is 5.66 Å². The van der Waals surface area contributed by atoms with Crippen molar-refractivity contribution in [3.8, 4) is 0 Å². The third kappa shape index (κ3) is 1.43. The SMILES string of the molecule is O=[P+](Cl)C1CCCC1. The zero-order valence-corrected chi connectivity index (χ0v) is 6.29. The Bertz CT molecular complexity index is 98.6. The molecule has 0 heterocycles. The molecule has 0 aromatic carbocycles. The molecule has 1 rings (SSSR count). The molecule has 0 spiro atoms. The Balaban J connectivity index is 2.35. The van der Waals surface area contributed by atoms with Crippen molar-refractivity contribution < 1.29 is 4.57 Å². The van der Waals surface area contributed by atoms with Crippen LogP contribution in [0.25, 0.3) is 0 Å². The predicted octanol–water partition coefficient (Wildman–Crippen LogP) is 2.91. The van der Waals surface area contributed by atoms with Crippen molar-refractivity contribution in [2.24, 2.45) is 0 Å². The van der Waals surface area contributed by atoms with Gasteiger partial charge in [-0.3, -0.25) is 0 Å². The third-order valence-electron chi connectivity index (χ3n) is 1.61. The molecule has 8 heavy (non-hydrogen) atoms. The molecule has 1 aliphatic carbocycles. The molecule has 0 aliphatic heterocycles. The summed E-state index contributed by atoms with van der Waals surface area (Å²) in [6.07, 6.45) is 4.61. The van der Waals surface area contributed by atoms with Gasteiger partial charge >= 0.3 is 7.15 Å². The molecule has 1 unspecified atom stereocenters. The lowest BCUT2D eigenvalue weighted by Crippen LogP contribution is -1.87. The molecule has 0 aromatic heterocycles. The topological polar surface area (TPSA) is 17.1 Å². The molecule has 0 amide bonds. The average Bonchev–Trinajstić information content (AvgIpc) is 2.12. The van der Waals surface area contributed by atoms with Crippen LogP contribution in [0, 0.1) is 0 Å². The van der Waals surface area contributed by atoms with Crippen LogP contribution in [-0.2, 0) is 4.57 Å². The van der Waals surface area contributed by atoms with E-state index in [1.165, 1.54) is 12.8 Å². The fourth-order valence-electron chi connectivity index (χ4n) is 1.11. The zero-order chi connectivity index (χ0) is 5.98. The van der Waals surface area contributed by atoms with E-state index in [-0.39, 0.29) is 0 Å². The van der Waals surface area contributed by atoms with Crippen LogP contribution < -0.4 is 0 Å². The van der Waals surface area contributed by atoms with Gasteiger partial charge in [-0.2, -0.15) is 0 Å². The van der Waals surface area contributed by atoms with Crippen LogP contribution in [0.1, 0.15) is 25.7 Å². The fraction of sp³-hybridized carbons (Fsp3) is 1.00. The minimum absolute atomic E-state index is 0.340. The molecule has 1 fully saturated rings. The summed E-state index contributed by atoms with van der Waals surface area (Å²) >= 11 is 5.39. The highest BCUT2D eigenvalue weighted by molar-refractivity contribution is 7.74. The van der Waals surface area contributed by atoms with Gasteiger partial charge in [-0.05, 0) is 25.7 Å². The Morgan fingerprint density at radius 3 is 2.12 bits per heavy atom. The van der Waals surface area contributed by atoms with Gasteiger partial charge in [0, 0.05) is 0 Å². The van der Waals surface area contributed by atoms with Crippen LogP contribution in [0.5, 0.6) is 0 Å². The smallest absolute Gasteiger partial charge is 0.0515 e. The minimum Gasteiger partial charge on any atom is -0.0515 e. The summed E-state index contributed by atoms with van der Waals surface area (Å²) < 4.78 is 10.6. The average molecular weight is 152 g/mol. The van der Waals surface area contributed by atoms with Gasteiger partial charge in [-0.15, -0.1) is 0 Å². The van der Waals surface area contributed by atoms with Gasteiger partial charge in [0.05, 0.1) is 0 Å². The Morgan fingerprint density at radius 2 is 1.88 bits per heavy atom. The molecule has 0 aromatic rings. The summed E-state index contributed by atoms with van der Waals surface area (Å²) in [4.78, 5) is 0. The van der Waals surface area contributed by atoms with Gasteiger partial charge in [0.1, 0.15) is 0 Å². The monoisotopic (exact) mass is 151 g/mol. The molecule has 46 valence electrons. The lowest BCUT2D eigenvalue weighted by Gasteiger charge is -1.84. The summed E-state index contributed by atoms with van der Waals surface area (Å²) in [5.41, 5.74) is 0.340. The highest BCUT2D eigenvalue weighted by Crippen LogP contribution is 2.42. The Labute approximate surface area is 55.0 Å². The van der Waals surface area contributed by atoms with Crippen LogP contribution in [0.4, 0.5) is 0 Å². The summed E-state index contributed by atoms with van der Waals surface area (Å²) in [5.74, 6) is 0. The first-order chi connectivity index (χ1) is 3.80. The van der Waals surface area contributed by atoms with Crippen molar-refractivity contribution in [1.82, 2.24) is 0 Å². The van der Waals surface area contributed by atoms with E-state index in [0.29, 0.717) is 5.66 Å².